The van der Waals surface area contributed by atoms with Gasteiger partial charge < -0.3 is 0 Å². The average Bonchev–Trinajstić information content (AvgIpc) is 2.01. The lowest BCUT2D eigenvalue weighted by Gasteiger charge is -2.05. The molecule has 0 atom stereocenters. The highest BCUT2D eigenvalue weighted by Gasteiger charge is 2.18. The fourth-order valence-corrected chi connectivity index (χ4v) is 2.14. The molecule has 0 radical (unpaired) electrons. The Morgan fingerprint density at radius 1 is 1.46 bits per heavy atom. The summed E-state index contributed by atoms with van der Waals surface area (Å²) in [5.41, 5.74) is -0.630. The van der Waals surface area contributed by atoms with Gasteiger partial charge >= 0.3 is 0 Å². The summed E-state index contributed by atoms with van der Waals surface area (Å²) < 4.78 is 25.2. The molecule has 1 aromatic rings. The molecule has 0 aliphatic heterocycles. The predicted molar refractivity (Wildman–Crippen MR) is 50.0 cm³/mol. The zero-order valence-electron chi connectivity index (χ0n) is 6.10. The first-order valence-corrected chi connectivity index (χ1v) is 4.74. The van der Waals surface area contributed by atoms with Crippen molar-refractivity contribution in [2.45, 2.75) is 6.43 Å². The van der Waals surface area contributed by atoms with Gasteiger partial charge in [-0.2, -0.15) is 0 Å². The van der Waals surface area contributed by atoms with Crippen molar-refractivity contribution in [1.29, 1.82) is 0 Å². The van der Waals surface area contributed by atoms with Gasteiger partial charge in [0.25, 0.3) is 6.43 Å². The maximum atomic E-state index is 12.4. The molecule has 0 aromatic carbocycles. The summed E-state index contributed by atoms with van der Waals surface area (Å²) in [5, 5.41) is 0. The smallest absolute Gasteiger partial charge is 0.267 e. The number of hydrogen-bond donors (Lipinski definition) is 0. The summed E-state index contributed by atoms with van der Waals surface area (Å²) >= 11 is 5.92. The molecular weight excluding hydrogens is 312 g/mol. The lowest BCUT2D eigenvalue weighted by Crippen LogP contribution is -1.98. The molecule has 2 nitrogen and oxygen atoms in total. The van der Waals surface area contributed by atoms with Crippen molar-refractivity contribution in [3.8, 4) is 0 Å². The van der Waals surface area contributed by atoms with Crippen LogP contribution in [0.3, 0.4) is 0 Å². The van der Waals surface area contributed by atoms with Gasteiger partial charge in [-0.25, -0.2) is 13.8 Å². The van der Waals surface area contributed by atoms with E-state index in [0.717, 1.165) is 0 Å². The van der Waals surface area contributed by atoms with E-state index in [2.05, 4.69) is 36.8 Å². The Bertz CT molecular complexity index is 344. The fourth-order valence-electron chi connectivity index (χ4n) is 0.818. The molecule has 13 heavy (non-hydrogen) atoms. The second-order valence-corrected chi connectivity index (χ2v) is 3.81. The number of aromatic nitrogens is 1. The summed E-state index contributed by atoms with van der Waals surface area (Å²) in [4.78, 5) is 14.0. The highest BCUT2D eigenvalue weighted by atomic mass is 79.9. The summed E-state index contributed by atoms with van der Waals surface area (Å²) in [6.45, 7) is 0. The molecule has 0 aliphatic rings. The topological polar surface area (TPSA) is 30.0 Å². The number of pyridine rings is 1. The largest absolute Gasteiger partial charge is 0.296 e. The molecule has 0 bridgehead atoms. The highest BCUT2D eigenvalue weighted by Crippen LogP contribution is 2.30. The molecule has 0 N–H and O–H groups in total. The van der Waals surface area contributed by atoms with Gasteiger partial charge in [0, 0.05) is 4.47 Å². The maximum Gasteiger partial charge on any atom is 0.267 e. The minimum absolute atomic E-state index is 0.173. The third kappa shape index (κ3) is 2.31. The molecule has 0 amide bonds. The number of alkyl halides is 2. The van der Waals surface area contributed by atoms with Gasteiger partial charge in [-0.15, -0.1) is 0 Å². The molecule has 0 unspecified atom stereocenters. The minimum atomic E-state index is -2.71. The Hall–Kier alpha value is -0.360. The number of halogens is 4. The van der Waals surface area contributed by atoms with E-state index in [4.69, 9.17) is 0 Å². The molecule has 0 saturated carbocycles. The third-order valence-electron chi connectivity index (χ3n) is 1.34. The average molecular weight is 315 g/mol. The lowest BCUT2D eigenvalue weighted by molar-refractivity contribution is 0.110. The van der Waals surface area contributed by atoms with Crippen molar-refractivity contribution in [1.82, 2.24) is 4.98 Å². The SMILES string of the molecule is O=Cc1nc(Br)cc(Br)c1C(F)F. The van der Waals surface area contributed by atoms with E-state index in [9.17, 15) is 13.6 Å². The number of carbonyl (C=O) groups is 1. The molecule has 0 fully saturated rings. The lowest BCUT2D eigenvalue weighted by atomic mass is 10.2. The second kappa shape index (κ2) is 4.23. The van der Waals surface area contributed by atoms with Crippen LogP contribution in [0.15, 0.2) is 15.1 Å². The first kappa shape index (κ1) is 10.7. The summed E-state index contributed by atoms with van der Waals surface area (Å²) in [6, 6.07) is 1.37. The number of hydrogen-bond acceptors (Lipinski definition) is 2. The zero-order chi connectivity index (χ0) is 10.0. The van der Waals surface area contributed by atoms with Gasteiger partial charge in [0.2, 0.25) is 0 Å². The van der Waals surface area contributed by atoms with Gasteiger partial charge in [-0.3, -0.25) is 4.79 Å². The van der Waals surface area contributed by atoms with Crippen LogP contribution in [0.25, 0.3) is 0 Å². The van der Waals surface area contributed by atoms with Crippen LogP contribution in [0.2, 0.25) is 0 Å². The molecule has 1 rings (SSSR count). The van der Waals surface area contributed by atoms with Gasteiger partial charge in [-0.1, -0.05) is 15.9 Å². The number of aldehydes is 1. The van der Waals surface area contributed by atoms with Crippen molar-refractivity contribution in [2.75, 3.05) is 0 Å². The number of nitrogens with zero attached hydrogens (tertiary/aromatic N) is 1. The van der Waals surface area contributed by atoms with E-state index in [1.807, 2.05) is 0 Å². The normalized spacial score (nSPS) is 10.5. The van der Waals surface area contributed by atoms with Crippen LogP contribution in [0.5, 0.6) is 0 Å². The van der Waals surface area contributed by atoms with Gasteiger partial charge in [0.05, 0.1) is 5.56 Å². The van der Waals surface area contributed by atoms with Crippen molar-refractivity contribution in [2.24, 2.45) is 0 Å². The third-order valence-corrected chi connectivity index (χ3v) is 2.40. The molecule has 1 heterocycles. The molecular formula is C7H3Br2F2NO. The minimum Gasteiger partial charge on any atom is -0.296 e. The zero-order valence-corrected chi connectivity index (χ0v) is 9.27. The summed E-state index contributed by atoms with van der Waals surface area (Å²) in [5.74, 6) is 0. The summed E-state index contributed by atoms with van der Waals surface area (Å²) in [6.07, 6.45) is -2.41. The maximum absolute atomic E-state index is 12.4. The molecule has 0 spiro atoms. The standard InChI is InChI=1S/C7H3Br2F2NO/c8-3-1-5(9)12-4(2-13)6(3)7(10)11/h1-2,7H. The van der Waals surface area contributed by atoms with E-state index in [1.165, 1.54) is 6.07 Å². The molecule has 0 aliphatic carbocycles. The van der Waals surface area contributed by atoms with Crippen molar-refractivity contribution >= 4 is 38.1 Å². The van der Waals surface area contributed by atoms with Crippen LogP contribution >= 0.6 is 31.9 Å². The highest BCUT2D eigenvalue weighted by molar-refractivity contribution is 9.11. The van der Waals surface area contributed by atoms with Crippen LogP contribution in [0.1, 0.15) is 22.5 Å². The van der Waals surface area contributed by atoms with E-state index < -0.39 is 6.43 Å². The van der Waals surface area contributed by atoms with Crippen molar-refractivity contribution in [3.63, 3.8) is 0 Å². The molecule has 0 saturated heterocycles. The van der Waals surface area contributed by atoms with E-state index in [-0.39, 0.29) is 15.7 Å². The van der Waals surface area contributed by atoms with Crippen LogP contribution in [-0.2, 0) is 0 Å². The Morgan fingerprint density at radius 2 is 2.08 bits per heavy atom. The van der Waals surface area contributed by atoms with Crippen LogP contribution < -0.4 is 0 Å². The van der Waals surface area contributed by atoms with Crippen molar-refractivity contribution < 1.29 is 13.6 Å². The second-order valence-electron chi connectivity index (χ2n) is 2.14. The van der Waals surface area contributed by atoms with E-state index in [1.54, 1.807) is 0 Å². The van der Waals surface area contributed by atoms with Gasteiger partial charge in [0.15, 0.2) is 6.29 Å². The van der Waals surface area contributed by atoms with Crippen LogP contribution in [-0.4, -0.2) is 11.3 Å². The number of carbonyl (C=O) groups excluding carboxylic acids is 1. The van der Waals surface area contributed by atoms with Crippen LogP contribution in [0, 0.1) is 0 Å². The monoisotopic (exact) mass is 313 g/mol. The molecule has 6 heteroatoms. The quantitative estimate of drug-likeness (QED) is 0.619. The van der Waals surface area contributed by atoms with Crippen molar-refractivity contribution in [3.05, 3.63) is 26.4 Å². The Morgan fingerprint density at radius 3 is 2.54 bits per heavy atom. The van der Waals surface area contributed by atoms with Gasteiger partial charge in [0.1, 0.15) is 10.3 Å². The Kier molecular flexibility index (Phi) is 3.49. The number of rotatable bonds is 2. The Labute approximate surface area is 89.6 Å². The first-order chi connectivity index (χ1) is 6.06. The fraction of sp³-hybridized carbons (Fsp3) is 0.143. The predicted octanol–water partition coefficient (Wildman–Crippen LogP) is 3.36. The van der Waals surface area contributed by atoms with E-state index in [0.29, 0.717) is 10.9 Å². The summed E-state index contributed by atoms with van der Waals surface area (Å²) in [7, 11) is 0. The first-order valence-electron chi connectivity index (χ1n) is 3.15. The van der Waals surface area contributed by atoms with Crippen LogP contribution in [0.4, 0.5) is 8.78 Å². The Balaban J connectivity index is 3.38. The molecule has 70 valence electrons. The molecule has 1 aromatic heterocycles. The van der Waals surface area contributed by atoms with E-state index >= 15 is 0 Å². The van der Waals surface area contributed by atoms with Gasteiger partial charge in [-0.05, 0) is 22.0 Å².